The Morgan fingerprint density at radius 3 is 2.48 bits per heavy atom. The lowest BCUT2D eigenvalue weighted by Gasteiger charge is -2.21. The van der Waals surface area contributed by atoms with E-state index in [1.54, 1.807) is 43.3 Å². The van der Waals surface area contributed by atoms with E-state index in [0.29, 0.717) is 16.9 Å². The summed E-state index contributed by atoms with van der Waals surface area (Å²) in [7, 11) is 0. The van der Waals surface area contributed by atoms with Crippen LogP contribution in [0.5, 0.6) is 0 Å². The Morgan fingerprint density at radius 1 is 1.24 bits per heavy atom. The van der Waals surface area contributed by atoms with Gasteiger partial charge in [-0.05, 0) is 31.2 Å². The van der Waals surface area contributed by atoms with Gasteiger partial charge in [0.1, 0.15) is 11.7 Å². The number of aromatic nitrogens is 1. The molecule has 0 saturated heterocycles. The highest BCUT2D eigenvalue weighted by Gasteiger charge is 2.21. The van der Waals surface area contributed by atoms with Crippen LogP contribution in [0, 0.1) is 6.92 Å². The molecule has 1 N–H and O–H groups in total. The molecule has 0 radical (unpaired) electrons. The SMILES string of the molecule is Cc1cc(C(=O)N(CC(=O)O)c2ccccc2)cc(Cl)n1. The number of aliphatic carboxylic acids is 1. The molecule has 0 unspecified atom stereocenters. The zero-order valence-electron chi connectivity index (χ0n) is 11.3. The standard InChI is InChI=1S/C15H13ClN2O3/c1-10-7-11(8-13(16)17-10)15(21)18(9-14(19)20)12-5-3-2-4-6-12/h2-8H,9H2,1H3,(H,19,20). The van der Waals surface area contributed by atoms with Crippen LogP contribution in [0.3, 0.4) is 0 Å². The van der Waals surface area contributed by atoms with E-state index in [2.05, 4.69) is 4.98 Å². The van der Waals surface area contributed by atoms with Crippen LogP contribution in [-0.4, -0.2) is 28.5 Å². The van der Waals surface area contributed by atoms with Crippen molar-refractivity contribution in [1.82, 2.24) is 4.98 Å². The molecule has 0 saturated carbocycles. The van der Waals surface area contributed by atoms with E-state index in [1.165, 1.54) is 11.0 Å². The number of para-hydroxylation sites is 1. The lowest BCUT2D eigenvalue weighted by atomic mass is 10.2. The maximum Gasteiger partial charge on any atom is 0.323 e. The molecule has 1 amide bonds. The number of hydrogen-bond acceptors (Lipinski definition) is 3. The molecule has 1 heterocycles. The number of pyridine rings is 1. The number of hydrogen-bond donors (Lipinski definition) is 1. The molecule has 2 aromatic rings. The zero-order valence-corrected chi connectivity index (χ0v) is 12.0. The van der Waals surface area contributed by atoms with E-state index in [0.717, 1.165) is 0 Å². The summed E-state index contributed by atoms with van der Waals surface area (Å²) in [5.74, 6) is -1.53. The lowest BCUT2D eigenvalue weighted by Crippen LogP contribution is -2.35. The minimum Gasteiger partial charge on any atom is -0.480 e. The van der Waals surface area contributed by atoms with Crippen molar-refractivity contribution in [2.24, 2.45) is 0 Å². The van der Waals surface area contributed by atoms with Crippen LogP contribution in [0.2, 0.25) is 5.15 Å². The number of halogens is 1. The second-order valence-corrected chi connectivity index (χ2v) is 4.83. The van der Waals surface area contributed by atoms with Crippen LogP contribution in [-0.2, 0) is 4.79 Å². The van der Waals surface area contributed by atoms with Crippen molar-refractivity contribution in [3.63, 3.8) is 0 Å². The summed E-state index contributed by atoms with van der Waals surface area (Å²) in [5.41, 5.74) is 1.40. The first kappa shape index (κ1) is 15.0. The van der Waals surface area contributed by atoms with Crippen molar-refractivity contribution in [2.75, 3.05) is 11.4 Å². The predicted molar refractivity (Wildman–Crippen MR) is 79.7 cm³/mol. The molecule has 0 bridgehead atoms. The highest BCUT2D eigenvalue weighted by atomic mass is 35.5. The second-order valence-electron chi connectivity index (χ2n) is 4.44. The summed E-state index contributed by atoms with van der Waals surface area (Å²) in [6.07, 6.45) is 0. The van der Waals surface area contributed by atoms with Crippen molar-refractivity contribution in [2.45, 2.75) is 6.92 Å². The quantitative estimate of drug-likeness (QED) is 0.882. The number of nitrogens with zero attached hydrogens (tertiary/aromatic N) is 2. The molecule has 0 aliphatic rings. The van der Waals surface area contributed by atoms with Gasteiger partial charge in [-0.1, -0.05) is 29.8 Å². The van der Waals surface area contributed by atoms with Crippen LogP contribution in [0.1, 0.15) is 16.1 Å². The lowest BCUT2D eigenvalue weighted by molar-refractivity contribution is -0.135. The average molecular weight is 305 g/mol. The first-order valence-corrected chi connectivity index (χ1v) is 6.58. The topological polar surface area (TPSA) is 70.5 Å². The molecule has 1 aromatic carbocycles. The first-order valence-electron chi connectivity index (χ1n) is 6.20. The number of carboxylic acid groups (broad SMARTS) is 1. The number of carboxylic acids is 1. The summed E-state index contributed by atoms with van der Waals surface area (Å²) in [5, 5.41) is 9.21. The Morgan fingerprint density at radius 2 is 1.90 bits per heavy atom. The highest BCUT2D eigenvalue weighted by molar-refractivity contribution is 6.30. The van der Waals surface area contributed by atoms with E-state index in [1.807, 2.05) is 0 Å². The molecule has 5 nitrogen and oxygen atoms in total. The number of benzene rings is 1. The van der Waals surface area contributed by atoms with Crippen LogP contribution >= 0.6 is 11.6 Å². The molecular formula is C15H13ClN2O3. The fraction of sp³-hybridized carbons (Fsp3) is 0.133. The first-order chi connectivity index (χ1) is 9.97. The third-order valence-corrected chi connectivity index (χ3v) is 2.97. The van der Waals surface area contributed by atoms with Gasteiger partial charge in [0.2, 0.25) is 0 Å². The molecule has 0 spiro atoms. The van der Waals surface area contributed by atoms with Gasteiger partial charge in [-0.15, -0.1) is 0 Å². The van der Waals surface area contributed by atoms with Crippen LogP contribution in [0.15, 0.2) is 42.5 Å². The van der Waals surface area contributed by atoms with Gasteiger partial charge < -0.3 is 5.11 Å². The Hall–Kier alpha value is -2.40. The van der Waals surface area contributed by atoms with Crippen LogP contribution < -0.4 is 4.90 Å². The second kappa shape index (κ2) is 6.37. The van der Waals surface area contributed by atoms with Crippen molar-refractivity contribution in [1.29, 1.82) is 0 Å². The number of rotatable bonds is 4. The van der Waals surface area contributed by atoms with Gasteiger partial charge in [0.05, 0.1) is 0 Å². The molecule has 108 valence electrons. The minimum absolute atomic E-state index is 0.196. The maximum absolute atomic E-state index is 12.6. The molecule has 0 fully saturated rings. The van der Waals surface area contributed by atoms with Crippen LogP contribution in [0.25, 0.3) is 0 Å². The number of anilines is 1. The Labute approximate surface area is 126 Å². The number of aryl methyl sites for hydroxylation is 1. The van der Waals surface area contributed by atoms with E-state index < -0.39 is 18.4 Å². The van der Waals surface area contributed by atoms with Gasteiger partial charge in [0, 0.05) is 16.9 Å². The van der Waals surface area contributed by atoms with Crippen molar-refractivity contribution < 1.29 is 14.7 Å². The number of amides is 1. The third kappa shape index (κ3) is 3.79. The minimum atomic E-state index is -1.09. The van der Waals surface area contributed by atoms with Crippen molar-refractivity contribution in [3.05, 3.63) is 58.9 Å². The summed E-state index contributed by atoms with van der Waals surface area (Å²) >= 11 is 5.85. The number of carbonyl (C=O) groups excluding carboxylic acids is 1. The number of carbonyl (C=O) groups is 2. The normalized spacial score (nSPS) is 10.2. The van der Waals surface area contributed by atoms with Crippen molar-refractivity contribution >= 4 is 29.2 Å². The molecule has 0 aliphatic heterocycles. The largest absolute Gasteiger partial charge is 0.480 e. The molecule has 6 heteroatoms. The Balaban J connectivity index is 2.41. The van der Waals surface area contributed by atoms with E-state index in [-0.39, 0.29) is 5.15 Å². The summed E-state index contributed by atoms with van der Waals surface area (Å²) < 4.78 is 0. The van der Waals surface area contributed by atoms with Crippen LogP contribution in [0.4, 0.5) is 5.69 Å². The third-order valence-electron chi connectivity index (χ3n) is 2.78. The van der Waals surface area contributed by atoms with Gasteiger partial charge in [-0.25, -0.2) is 4.98 Å². The van der Waals surface area contributed by atoms with Gasteiger partial charge >= 0.3 is 5.97 Å². The molecule has 2 rings (SSSR count). The van der Waals surface area contributed by atoms with Crippen molar-refractivity contribution in [3.8, 4) is 0 Å². The van der Waals surface area contributed by atoms with E-state index >= 15 is 0 Å². The summed E-state index contributed by atoms with van der Waals surface area (Å²) in [6.45, 7) is 1.29. The predicted octanol–water partition coefficient (Wildman–Crippen LogP) is 2.77. The molecule has 21 heavy (non-hydrogen) atoms. The van der Waals surface area contributed by atoms with Gasteiger partial charge in [0.15, 0.2) is 0 Å². The average Bonchev–Trinajstić information content (AvgIpc) is 2.44. The molecule has 0 atom stereocenters. The maximum atomic E-state index is 12.6. The Kier molecular flexibility index (Phi) is 4.55. The molecule has 1 aromatic heterocycles. The molecule has 0 aliphatic carbocycles. The van der Waals surface area contributed by atoms with Gasteiger partial charge in [-0.2, -0.15) is 0 Å². The summed E-state index contributed by atoms with van der Waals surface area (Å²) in [4.78, 5) is 28.8. The smallest absolute Gasteiger partial charge is 0.323 e. The molecular weight excluding hydrogens is 292 g/mol. The monoisotopic (exact) mass is 304 g/mol. The summed E-state index contributed by atoms with van der Waals surface area (Å²) in [6, 6.07) is 11.6. The fourth-order valence-corrected chi connectivity index (χ4v) is 2.18. The van der Waals surface area contributed by atoms with Gasteiger partial charge in [0.25, 0.3) is 5.91 Å². The van der Waals surface area contributed by atoms with Gasteiger partial charge in [-0.3, -0.25) is 14.5 Å². The Bertz CT molecular complexity index is 654. The van der Waals surface area contributed by atoms with E-state index in [9.17, 15) is 9.59 Å². The van der Waals surface area contributed by atoms with E-state index in [4.69, 9.17) is 16.7 Å². The fourth-order valence-electron chi connectivity index (χ4n) is 1.93. The zero-order chi connectivity index (χ0) is 15.4. The highest BCUT2D eigenvalue weighted by Crippen LogP contribution is 2.18.